The Morgan fingerprint density at radius 3 is 0.578 bits per heavy atom. The van der Waals surface area contributed by atoms with E-state index in [0.717, 1.165) is 17.3 Å². The zero-order chi connectivity index (χ0) is 46.0. The second-order valence-electron chi connectivity index (χ2n) is 18.5. The van der Waals surface area contributed by atoms with E-state index < -0.39 is 8.60 Å². The topological polar surface area (TPSA) is 55.4 Å². The van der Waals surface area contributed by atoms with Gasteiger partial charge in [0.25, 0.3) is 0 Å². The molecule has 0 N–H and O–H groups in total. The van der Waals surface area contributed by atoms with Crippen LogP contribution in [0.3, 0.4) is 0 Å². The van der Waals surface area contributed by atoms with E-state index in [9.17, 15) is 0 Å². The van der Waals surface area contributed by atoms with Crippen LogP contribution in [0.1, 0.15) is 290 Å². The molecule has 0 aromatic carbocycles. The molecule has 0 saturated heterocycles. The maximum absolute atomic E-state index is 5.49. The maximum Gasteiger partial charge on any atom is 0.421 e. The van der Waals surface area contributed by atoms with Gasteiger partial charge in [-0.1, -0.05) is 271 Å². The van der Waals surface area contributed by atoms with Crippen LogP contribution in [0.5, 0.6) is 0 Å². The Kier molecular flexibility index (Phi) is 63.5. The van der Waals surface area contributed by atoms with Gasteiger partial charge in [-0.05, 0) is 36.5 Å². The van der Waals surface area contributed by atoms with E-state index in [1.54, 1.807) is 0 Å². The molecule has 0 aliphatic rings. The van der Waals surface area contributed by atoms with Crippen molar-refractivity contribution >= 4 is 43.9 Å². The first-order valence-electron chi connectivity index (χ1n) is 28.3. The molecule has 0 aliphatic heterocycles. The fraction of sp³-hybridized carbons (Fsp3) is 1.00. The molecule has 0 aliphatic carbocycles. The van der Waals surface area contributed by atoms with E-state index in [1.807, 2.05) is 35.3 Å². The second-order valence-corrected chi connectivity index (χ2v) is 23.1. The average molecular weight is 984 g/mol. The first-order valence-corrected chi connectivity index (χ1v) is 32.8. The molecular formula is C54H111O6PS3. The van der Waals surface area contributed by atoms with E-state index in [1.165, 1.54) is 287 Å². The van der Waals surface area contributed by atoms with E-state index >= 15 is 0 Å². The lowest BCUT2D eigenvalue weighted by Crippen LogP contribution is -2.05. The van der Waals surface area contributed by atoms with Crippen molar-refractivity contribution in [1.29, 1.82) is 0 Å². The number of unbranched alkanes of at least 4 members (excludes halogenated alkanes) is 39. The molecule has 0 saturated carbocycles. The lowest BCUT2D eigenvalue weighted by Gasteiger charge is -2.13. The third-order valence-electron chi connectivity index (χ3n) is 12.2. The van der Waals surface area contributed by atoms with Crippen molar-refractivity contribution in [2.45, 2.75) is 290 Å². The van der Waals surface area contributed by atoms with E-state index in [-0.39, 0.29) is 0 Å². The minimum absolute atomic E-state index is 0.485. The molecule has 386 valence electrons. The Morgan fingerprint density at radius 1 is 0.219 bits per heavy atom. The summed E-state index contributed by atoms with van der Waals surface area (Å²) in [6.07, 6.45) is 58.7. The largest absolute Gasteiger partial charge is 0.421 e. The minimum atomic E-state index is -1.89. The first-order chi connectivity index (χ1) is 31.8. The van der Waals surface area contributed by atoms with Crippen molar-refractivity contribution < 1.29 is 28.7 Å². The highest BCUT2D eigenvalue weighted by Crippen LogP contribution is 2.40. The van der Waals surface area contributed by atoms with Crippen molar-refractivity contribution in [1.82, 2.24) is 0 Å². The summed E-state index contributed by atoms with van der Waals surface area (Å²) >= 11 is 5.78. The smallest absolute Gasteiger partial charge is 0.228 e. The van der Waals surface area contributed by atoms with Gasteiger partial charge in [0.2, 0.25) is 0 Å². The van der Waals surface area contributed by atoms with Gasteiger partial charge in [-0.2, -0.15) is 35.3 Å². The molecule has 10 heteroatoms. The molecule has 0 unspecified atom stereocenters. The minimum Gasteiger partial charge on any atom is -0.228 e. The number of thioether (sulfide) groups is 3. The molecule has 0 bridgehead atoms. The highest BCUT2D eigenvalue weighted by atomic mass is 32.2. The zero-order valence-corrected chi connectivity index (χ0v) is 46.5. The van der Waals surface area contributed by atoms with Crippen LogP contribution in [0.15, 0.2) is 0 Å². The fourth-order valence-corrected chi connectivity index (χ4v) is 11.0. The van der Waals surface area contributed by atoms with Crippen LogP contribution >= 0.6 is 43.9 Å². The summed E-state index contributed by atoms with van der Waals surface area (Å²) in [5, 5.41) is 0. The monoisotopic (exact) mass is 983 g/mol. The van der Waals surface area contributed by atoms with Gasteiger partial charge < -0.3 is 0 Å². The van der Waals surface area contributed by atoms with Crippen molar-refractivity contribution in [3.8, 4) is 0 Å². The van der Waals surface area contributed by atoms with E-state index in [2.05, 4.69) is 20.8 Å². The molecule has 0 aromatic rings. The standard InChI is InChI=1S/C54H111O6PS3/c1-4-7-10-13-16-19-22-25-28-31-34-37-40-43-49-62-52-46-55-58-61(59-56-47-53-63-50-44-41-38-35-32-29-26-23-20-17-14-11-8-5-2)60-57-48-54-64-51-45-42-39-36-33-30-27-24-21-18-15-12-9-6-3/h4-54H2,1-3H3. The Balaban J connectivity index is 3.97. The quantitative estimate of drug-likeness (QED) is 0.0257. The number of hydrogen-bond acceptors (Lipinski definition) is 9. The van der Waals surface area contributed by atoms with Crippen molar-refractivity contribution in [2.24, 2.45) is 0 Å². The Labute approximate surface area is 415 Å². The molecule has 64 heavy (non-hydrogen) atoms. The number of hydrogen-bond donors (Lipinski definition) is 0. The van der Waals surface area contributed by atoms with Crippen LogP contribution in [-0.4, -0.2) is 54.3 Å². The summed E-state index contributed by atoms with van der Waals surface area (Å²) in [7, 11) is -1.89. The van der Waals surface area contributed by atoms with Crippen LogP contribution in [0.25, 0.3) is 0 Å². The predicted molar refractivity (Wildman–Crippen MR) is 291 cm³/mol. The van der Waals surface area contributed by atoms with Crippen LogP contribution in [0, 0.1) is 0 Å². The van der Waals surface area contributed by atoms with Crippen LogP contribution < -0.4 is 0 Å². The summed E-state index contributed by atoms with van der Waals surface area (Å²) in [5.74, 6) is 6.16. The molecule has 0 fully saturated rings. The third kappa shape index (κ3) is 59.4. The molecule has 0 aromatic heterocycles. The maximum atomic E-state index is 5.49. The highest BCUT2D eigenvalue weighted by Gasteiger charge is 2.18. The molecular weight excluding hydrogens is 872 g/mol. The summed E-state index contributed by atoms with van der Waals surface area (Å²) in [6, 6.07) is 0. The lowest BCUT2D eigenvalue weighted by molar-refractivity contribution is -0.306. The van der Waals surface area contributed by atoms with Crippen LogP contribution in [-0.2, 0) is 28.7 Å². The molecule has 0 atom stereocenters. The van der Waals surface area contributed by atoms with Gasteiger partial charge in [0, 0.05) is 17.3 Å². The molecule has 0 heterocycles. The van der Waals surface area contributed by atoms with Gasteiger partial charge >= 0.3 is 8.60 Å². The average Bonchev–Trinajstić information content (AvgIpc) is 3.30. The second kappa shape index (κ2) is 62.3. The number of rotatable bonds is 60. The Hall–Kier alpha value is 1.24. The SMILES string of the molecule is CCCCCCCCCCCCCCCCSCCOOP(OOCCSCCCCCCCCCCCCCCCC)OOCCSCCCCCCCCCCCCCCCC. The van der Waals surface area contributed by atoms with Gasteiger partial charge in [-0.15, -0.1) is 14.0 Å². The Bertz CT molecular complexity index is 706. The molecule has 0 spiro atoms. The van der Waals surface area contributed by atoms with Gasteiger partial charge in [0.1, 0.15) is 0 Å². The fourth-order valence-electron chi connectivity index (χ4n) is 8.06. The Morgan fingerprint density at radius 2 is 0.391 bits per heavy atom. The summed E-state index contributed by atoms with van der Waals surface area (Å²) in [6.45, 7) is 8.34. The summed E-state index contributed by atoms with van der Waals surface area (Å²) in [5.41, 5.74) is 0. The lowest BCUT2D eigenvalue weighted by atomic mass is 10.0. The molecule has 6 nitrogen and oxygen atoms in total. The van der Waals surface area contributed by atoms with Gasteiger partial charge in [-0.3, -0.25) is 0 Å². The van der Waals surface area contributed by atoms with Crippen molar-refractivity contribution in [3.63, 3.8) is 0 Å². The van der Waals surface area contributed by atoms with Crippen molar-refractivity contribution in [3.05, 3.63) is 0 Å². The zero-order valence-electron chi connectivity index (χ0n) is 43.2. The van der Waals surface area contributed by atoms with Crippen LogP contribution in [0.4, 0.5) is 0 Å². The summed E-state index contributed by atoms with van der Waals surface area (Å²) in [4.78, 5) is 16.5. The van der Waals surface area contributed by atoms with E-state index in [4.69, 9.17) is 28.7 Å². The molecule has 0 rings (SSSR count). The predicted octanol–water partition coefficient (Wildman–Crippen LogP) is 20.7. The van der Waals surface area contributed by atoms with Gasteiger partial charge in [0.05, 0.1) is 19.8 Å². The van der Waals surface area contributed by atoms with Crippen LogP contribution in [0.2, 0.25) is 0 Å². The normalized spacial score (nSPS) is 11.8. The highest BCUT2D eigenvalue weighted by molar-refractivity contribution is 7.99. The molecule has 0 amide bonds. The van der Waals surface area contributed by atoms with Crippen molar-refractivity contribution in [2.75, 3.05) is 54.3 Å². The molecule has 0 radical (unpaired) electrons. The van der Waals surface area contributed by atoms with Gasteiger partial charge in [0.15, 0.2) is 0 Å². The third-order valence-corrected chi connectivity index (χ3v) is 16.0. The van der Waals surface area contributed by atoms with Gasteiger partial charge in [-0.25, -0.2) is 14.7 Å². The first kappa shape index (κ1) is 65.2. The van der Waals surface area contributed by atoms with E-state index in [0.29, 0.717) is 19.8 Å². The summed E-state index contributed by atoms with van der Waals surface area (Å²) < 4.78 is 16.5.